The lowest BCUT2D eigenvalue weighted by molar-refractivity contribution is -0.138. The van der Waals surface area contributed by atoms with Crippen molar-refractivity contribution in [2.75, 3.05) is 0 Å². The molecular formula is C14H16N2O2. The van der Waals surface area contributed by atoms with Crippen molar-refractivity contribution in [1.82, 2.24) is 9.78 Å². The van der Waals surface area contributed by atoms with Crippen molar-refractivity contribution in [3.8, 4) is 0 Å². The third-order valence-corrected chi connectivity index (χ3v) is 3.06. The Hall–Kier alpha value is -2.10. The van der Waals surface area contributed by atoms with Crippen molar-refractivity contribution in [2.24, 2.45) is 7.05 Å². The van der Waals surface area contributed by atoms with Crippen LogP contribution in [0.25, 0.3) is 0 Å². The van der Waals surface area contributed by atoms with Crippen molar-refractivity contribution in [3.63, 3.8) is 0 Å². The maximum Gasteiger partial charge on any atom is 0.311 e. The third kappa shape index (κ3) is 2.59. The summed E-state index contributed by atoms with van der Waals surface area (Å²) in [5.41, 5.74) is 2.82. The van der Waals surface area contributed by atoms with Gasteiger partial charge in [0, 0.05) is 13.2 Å². The van der Waals surface area contributed by atoms with E-state index in [-0.39, 0.29) is 0 Å². The summed E-state index contributed by atoms with van der Waals surface area (Å²) in [7, 11) is 1.83. The number of aromatic nitrogens is 2. The van der Waals surface area contributed by atoms with Crippen molar-refractivity contribution < 1.29 is 9.90 Å². The lowest BCUT2D eigenvalue weighted by Crippen LogP contribution is -2.15. The molecule has 1 aromatic carbocycles. The first-order valence-electron chi connectivity index (χ1n) is 5.84. The minimum absolute atomic E-state index is 0.466. The molecule has 1 N–H and O–H groups in total. The zero-order chi connectivity index (χ0) is 13.1. The molecule has 0 radical (unpaired) electrons. The van der Waals surface area contributed by atoms with Gasteiger partial charge in [0.15, 0.2) is 0 Å². The summed E-state index contributed by atoms with van der Waals surface area (Å²) in [5.74, 6) is -1.32. The predicted octanol–water partition coefficient (Wildman–Crippen LogP) is 2.14. The number of carbonyl (C=O) groups is 1. The fourth-order valence-corrected chi connectivity index (χ4v) is 2.12. The minimum atomic E-state index is -0.798. The zero-order valence-corrected chi connectivity index (χ0v) is 10.5. The highest BCUT2D eigenvalue weighted by atomic mass is 16.4. The summed E-state index contributed by atoms with van der Waals surface area (Å²) in [5, 5.41) is 13.5. The molecule has 94 valence electrons. The Morgan fingerprint density at radius 3 is 2.72 bits per heavy atom. The Bertz CT molecular complexity index is 560. The van der Waals surface area contributed by atoms with E-state index >= 15 is 0 Å². The molecule has 1 atom stereocenters. The second-order valence-corrected chi connectivity index (χ2v) is 4.47. The Labute approximate surface area is 106 Å². The van der Waals surface area contributed by atoms with Crippen LogP contribution in [0, 0.1) is 6.92 Å². The first-order chi connectivity index (χ1) is 8.58. The Balaban J connectivity index is 2.30. The molecule has 4 nitrogen and oxygen atoms in total. The highest BCUT2D eigenvalue weighted by Gasteiger charge is 2.22. The summed E-state index contributed by atoms with van der Waals surface area (Å²) >= 11 is 0. The van der Waals surface area contributed by atoms with Crippen LogP contribution in [0.1, 0.15) is 22.6 Å². The number of hydrogen-bond acceptors (Lipinski definition) is 2. The summed E-state index contributed by atoms with van der Waals surface area (Å²) in [6.45, 7) is 1.94. The van der Waals surface area contributed by atoms with Gasteiger partial charge in [-0.25, -0.2) is 0 Å². The monoisotopic (exact) mass is 244 g/mol. The largest absolute Gasteiger partial charge is 0.481 e. The van der Waals surface area contributed by atoms with E-state index in [4.69, 9.17) is 0 Å². The van der Waals surface area contributed by atoms with Crippen molar-refractivity contribution in [2.45, 2.75) is 19.3 Å². The molecule has 2 rings (SSSR count). The van der Waals surface area contributed by atoms with Gasteiger partial charge in [-0.15, -0.1) is 0 Å². The molecular weight excluding hydrogens is 228 g/mol. The normalized spacial score (nSPS) is 12.3. The maximum atomic E-state index is 11.4. The van der Waals surface area contributed by atoms with Crippen LogP contribution in [0.3, 0.4) is 0 Å². The number of hydrogen-bond donors (Lipinski definition) is 1. The van der Waals surface area contributed by atoms with E-state index < -0.39 is 11.9 Å². The first-order valence-corrected chi connectivity index (χ1v) is 5.84. The highest BCUT2D eigenvalue weighted by Crippen LogP contribution is 2.24. The van der Waals surface area contributed by atoms with Crippen LogP contribution >= 0.6 is 0 Å². The van der Waals surface area contributed by atoms with Crippen LogP contribution in [-0.4, -0.2) is 20.9 Å². The molecule has 0 amide bonds. The number of carboxylic acids is 1. The predicted molar refractivity (Wildman–Crippen MR) is 68.5 cm³/mol. The second kappa shape index (κ2) is 5.04. The van der Waals surface area contributed by atoms with Gasteiger partial charge in [0.2, 0.25) is 0 Å². The van der Waals surface area contributed by atoms with Gasteiger partial charge >= 0.3 is 5.97 Å². The van der Waals surface area contributed by atoms with Crippen LogP contribution in [-0.2, 0) is 18.3 Å². The van der Waals surface area contributed by atoms with E-state index in [0.29, 0.717) is 6.42 Å². The van der Waals surface area contributed by atoms with Gasteiger partial charge in [0.05, 0.1) is 12.1 Å². The molecule has 1 aromatic heterocycles. The number of nitrogens with zero attached hydrogens (tertiary/aromatic N) is 2. The van der Waals surface area contributed by atoms with Crippen molar-refractivity contribution in [1.29, 1.82) is 0 Å². The Morgan fingerprint density at radius 1 is 1.44 bits per heavy atom. The van der Waals surface area contributed by atoms with Crippen LogP contribution in [0.2, 0.25) is 0 Å². The van der Waals surface area contributed by atoms with Gasteiger partial charge in [-0.2, -0.15) is 5.10 Å². The average molecular weight is 244 g/mol. The van der Waals surface area contributed by atoms with Crippen LogP contribution in [0.15, 0.2) is 36.7 Å². The van der Waals surface area contributed by atoms with E-state index in [0.717, 1.165) is 16.7 Å². The highest BCUT2D eigenvalue weighted by molar-refractivity contribution is 5.77. The van der Waals surface area contributed by atoms with Crippen LogP contribution in [0.4, 0.5) is 0 Å². The number of rotatable bonds is 4. The van der Waals surface area contributed by atoms with E-state index in [1.807, 2.05) is 44.4 Å². The molecule has 18 heavy (non-hydrogen) atoms. The molecule has 0 bridgehead atoms. The van der Waals surface area contributed by atoms with Crippen molar-refractivity contribution in [3.05, 3.63) is 53.3 Å². The molecule has 0 fully saturated rings. The lowest BCUT2D eigenvalue weighted by Gasteiger charge is -2.14. The SMILES string of the molecule is Cc1ccccc1C(Cc1cnn(C)c1)C(=O)O. The lowest BCUT2D eigenvalue weighted by atomic mass is 9.90. The Kier molecular flexibility index (Phi) is 3.46. The number of benzene rings is 1. The van der Waals surface area contributed by atoms with Crippen molar-refractivity contribution >= 4 is 5.97 Å². The summed E-state index contributed by atoms with van der Waals surface area (Å²) in [6.07, 6.45) is 4.04. The topological polar surface area (TPSA) is 55.1 Å². The molecule has 1 unspecified atom stereocenters. The average Bonchev–Trinajstić information content (AvgIpc) is 2.73. The summed E-state index contributed by atoms with van der Waals surface area (Å²) in [6, 6.07) is 7.61. The molecule has 1 heterocycles. The standard InChI is InChI=1S/C14H16N2O2/c1-10-5-3-4-6-12(10)13(14(17)18)7-11-8-15-16(2)9-11/h3-6,8-9,13H,7H2,1-2H3,(H,17,18). The van der Waals surface area contributed by atoms with Crippen LogP contribution in [0.5, 0.6) is 0 Å². The molecule has 0 saturated carbocycles. The molecule has 0 saturated heterocycles. The van der Waals surface area contributed by atoms with Gasteiger partial charge in [0.1, 0.15) is 0 Å². The molecule has 0 aliphatic rings. The quantitative estimate of drug-likeness (QED) is 0.896. The van der Waals surface area contributed by atoms with E-state index in [9.17, 15) is 9.90 Å². The smallest absolute Gasteiger partial charge is 0.311 e. The minimum Gasteiger partial charge on any atom is -0.481 e. The maximum absolute atomic E-state index is 11.4. The third-order valence-electron chi connectivity index (χ3n) is 3.06. The fraction of sp³-hybridized carbons (Fsp3) is 0.286. The van der Waals surface area contributed by atoms with Gasteiger partial charge < -0.3 is 5.11 Å². The van der Waals surface area contributed by atoms with Crippen LogP contribution < -0.4 is 0 Å². The molecule has 0 aliphatic heterocycles. The first kappa shape index (κ1) is 12.4. The second-order valence-electron chi connectivity index (χ2n) is 4.47. The fourth-order valence-electron chi connectivity index (χ4n) is 2.12. The number of aliphatic carboxylic acids is 1. The van der Waals surface area contributed by atoms with Gasteiger partial charge in [-0.3, -0.25) is 9.48 Å². The van der Waals surface area contributed by atoms with E-state index in [1.54, 1.807) is 10.9 Å². The molecule has 4 heteroatoms. The zero-order valence-electron chi connectivity index (χ0n) is 10.5. The van der Waals surface area contributed by atoms with Gasteiger partial charge in [-0.05, 0) is 30.0 Å². The number of aryl methyl sites for hydroxylation is 2. The van der Waals surface area contributed by atoms with Gasteiger partial charge in [-0.1, -0.05) is 24.3 Å². The molecule has 0 spiro atoms. The molecule has 0 aliphatic carbocycles. The number of carboxylic acid groups (broad SMARTS) is 1. The summed E-state index contributed by atoms with van der Waals surface area (Å²) < 4.78 is 1.69. The van der Waals surface area contributed by atoms with Gasteiger partial charge in [0.25, 0.3) is 0 Å². The molecule has 2 aromatic rings. The summed E-state index contributed by atoms with van der Waals surface area (Å²) in [4.78, 5) is 11.4. The Morgan fingerprint density at radius 2 is 2.17 bits per heavy atom. The van der Waals surface area contributed by atoms with E-state index in [1.165, 1.54) is 0 Å². The van der Waals surface area contributed by atoms with E-state index in [2.05, 4.69) is 5.10 Å².